The molecule has 1 atom stereocenters. The van der Waals surface area contributed by atoms with Crippen molar-refractivity contribution in [3.63, 3.8) is 0 Å². The van der Waals surface area contributed by atoms with Gasteiger partial charge in [-0.2, -0.15) is 8.42 Å². The second-order valence-electron chi connectivity index (χ2n) is 8.69. The number of fused-ring (bicyclic) bond motifs is 2. The molecule has 2 aromatic heterocycles. The van der Waals surface area contributed by atoms with Gasteiger partial charge in [-0.25, -0.2) is 0 Å². The van der Waals surface area contributed by atoms with E-state index in [-0.39, 0.29) is 29.7 Å². The lowest BCUT2D eigenvalue weighted by Crippen LogP contribution is -2.29. The zero-order valence-electron chi connectivity index (χ0n) is 18.3. The second-order valence-corrected chi connectivity index (χ2v) is 10.4. The molecule has 0 bridgehead atoms. The van der Waals surface area contributed by atoms with E-state index in [0.29, 0.717) is 44.8 Å². The van der Waals surface area contributed by atoms with E-state index < -0.39 is 20.8 Å². The quantitative estimate of drug-likeness (QED) is 0.556. The molecule has 3 heterocycles. The van der Waals surface area contributed by atoms with E-state index in [1.807, 2.05) is 0 Å². The highest BCUT2D eigenvalue weighted by atomic mass is 32.2. The topological polar surface area (TPSA) is 127 Å². The van der Waals surface area contributed by atoms with Crippen LogP contribution in [0.5, 0.6) is 0 Å². The number of pyridine rings is 1. The number of nitrogens with zero attached hydrogens (tertiary/aromatic N) is 1. The molecule has 9 heteroatoms. The van der Waals surface area contributed by atoms with Crippen LogP contribution in [0, 0.1) is 6.92 Å². The Bertz CT molecular complexity index is 1550. The minimum absolute atomic E-state index is 0.207. The molecule has 0 spiro atoms. The number of ketones is 1. The molecule has 170 valence electrons. The van der Waals surface area contributed by atoms with E-state index in [0.717, 1.165) is 0 Å². The van der Waals surface area contributed by atoms with Gasteiger partial charge < -0.3 is 9.73 Å². The standard InChI is InChI=1S/C24H22N2O6S/c1-12-11-18(28)15-5-4-6-16(22(15)32-12)20-19(14(3)27)13(2)26-17-7-10-25-23(21(17)20)24(8-9-24)33(29,30)31/h4-7,10-11,20,26H,8-9H2,1-3H3,(H,29,30,31). The van der Waals surface area contributed by atoms with Crippen molar-refractivity contribution in [3.8, 4) is 0 Å². The lowest BCUT2D eigenvalue weighted by atomic mass is 9.77. The van der Waals surface area contributed by atoms with Gasteiger partial charge >= 0.3 is 0 Å². The molecule has 0 radical (unpaired) electrons. The molecule has 1 aliphatic heterocycles. The third-order valence-corrected chi connectivity index (χ3v) is 8.11. The van der Waals surface area contributed by atoms with Crippen LogP contribution in [0.25, 0.3) is 11.0 Å². The Balaban J connectivity index is 1.91. The monoisotopic (exact) mass is 466 g/mol. The molecule has 1 saturated carbocycles. The van der Waals surface area contributed by atoms with Gasteiger partial charge in [-0.05, 0) is 45.7 Å². The van der Waals surface area contributed by atoms with E-state index in [2.05, 4.69) is 10.3 Å². The average molecular weight is 467 g/mol. The van der Waals surface area contributed by atoms with Crippen molar-refractivity contribution in [2.24, 2.45) is 0 Å². The molecule has 5 rings (SSSR count). The summed E-state index contributed by atoms with van der Waals surface area (Å²) in [4.78, 5) is 29.9. The summed E-state index contributed by atoms with van der Waals surface area (Å²) in [6.07, 6.45) is 1.94. The molecule has 2 aliphatic rings. The van der Waals surface area contributed by atoms with E-state index >= 15 is 0 Å². The third kappa shape index (κ3) is 3.14. The largest absolute Gasteiger partial charge is 0.461 e. The Morgan fingerprint density at radius 3 is 2.61 bits per heavy atom. The number of nitrogens with one attached hydrogen (secondary N) is 1. The predicted molar refractivity (Wildman–Crippen MR) is 123 cm³/mol. The van der Waals surface area contributed by atoms with Gasteiger partial charge in [0, 0.05) is 46.3 Å². The van der Waals surface area contributed by atoms with Crippen LogP contribution in [-0.2, 0) is 19.7 Å². The molecule has 2 N–H and O–H groups in total. The number of aromatic nitrogens is 1. The summed E-state index contributed by atoms with van der Waals surface area (Å²) in [7, 11) is -4.46. The first-order valence-corrected chi connectivity index (χ1v) is 12.0. The summed E-state index contributed by atoms with van der Waals surface area (Å²) >= 11 is 0. The summed E-state index contributed by atoms with van der Waals surface area (Å²) in [5.41, 5.74) is 2.99. The molecular formula is C24H22N2O6S. The minimum atomic E-state index is -4.46. The second kappa shape index (κ2) is 7.10. The molecule has 3 aromatic rings. The van der Waals surface area contributed by atoms with Crippen LogP contribution in [0.1, 0.15) is 55.2 Å². The third-order valence-electron chi connectivity index (χ3n) is 6.52. The van der Waals surface area contributed by atoms with Gasteiger partial charge in [0.2, 0.25) is 0 Å². The van der Waals surface area contributed by atoms with Crippen LogP contribution in [0.4, 0.5) is 5.69 Å². The highest BCUT2D eigenvalue weighted by Crippen LogP contribution is 2.56. The number of carbonyl (C=O) groups is 1. The van der Waals surface area contributed by atoms with E-state index in [1.165, 1.54) is 19.2 Å². The Kier molecular flexibility index (Phi) is 4.63. The lowest BCUT2D eigenvalue weighted by Gasteiger charge is -2.33. The summed E-state index contributed by atoms with van der Waals surface area (Å²) in [5, 5.41) is 3.56. The lowest BCUT2D eigenvalue weighted by molar-refractivity contribution is -0.113. The van der Waals surface area contributed by atoms with Gasteiger partial charge in [0.05, 0.1) is 11.1 Å². The SMILES string of the molecule is CC(=O)C1=C(C)Nc2ccnc(C3(S(=O)(=O)O)CC3)c2C1c1cccc2c(=O)cc(C)oc12. The fraction of sp³-hybridized carbons (Fsp3) is 0.292. The summed E-state index contributed by atoms with van der Waals surface area (Å²) < 4.78 is 39.3. The van der Waals surface area contributed by atoms with Gasteiger partial charge in [-0.1, -0.05) is 12.1 Å². The molecule has 0 saturated heterocycles. The maximum atomic E-state index is 12.9. The Hall–Kier alpha value is -3.30. The number of Topliss-reactive ketones (excluding diaryl/α,β-unsaturated/α-hetero) is 1. The molecule has 0 amide bonds. The van der Waals surface area contributed by atoms with Crippen molar-refractivity contribution < 1.29 is 22.2 Å². The Morgan fingerprint density at radius 2 is 1.97 bits per heavy atom. The number of para-hydroxylation sites is 1. The van der Waals surface area contributed by atoms with Gasteiger partial charge in [0.25, 0.3) is 10.1 Å². The van der Waals surface area contributed by atoms with E-state index in [1.54, 1.807) is 38.1 Å². The van der Waals surface area contributed by atoms with Crippen LogP contribution in [0.3, 0.4) is 0 Å². The number of aryl methyl sites for hydroxylation is 1. The van der Waals surface area contributed by atoms with Gasteiger partial charge in [-0.15, -0.1) is 0 Å². The zero-order valence-corrected chi connectivity index (χ0v) is 19.1. The number of benzene rings is 1. The first-order valence-electron chi connectivity index (χ1n) is 10.5. The highest BCUT2D eigenvalue weighted by molar-refractivity contribution is 7.87. The fourth-order valence-electron chi connectivity index (χ4n) is 4.92. The molecular weight excluding hydrogens is 444 g/mol. The fourth-order valence-corrected chi connectivity index (χ4v) is 5.94. The van der Waals surface area contributed by atoms with Crippen molar-refractivity contribution in [2.45, 2.75) is 44.3 Å². The summed E-state index contributed by atoms with van der Waals surface area (Å²) in [5.74, 6) is -0.535. The summed E-state index contributed by atoms with van der Waals surface area (Å²) in [6.45, 7) is 4.89. The number of allylic oxidation sites excluding steroid dienone is 2. The van der Waals surface area contributed by atoms with E-state index in [4.69, 9.17) is 4.42 Å². The van der Waals surface area contributed by atoms with Crippen LogP contribution in [0.15, 0.2) is 57.0 Å². The van der Waals surface area contributed by atoms with Crippen molar-refractivity contribution in [1.82, 2.24) is 4.98 Å². The van der Waals surface area contributed by atoms with Gasteiger partial charge in [-0.3, -0.25) is 19.1 Å². The van der Waals surface area contributed by atoms with Crippen molar-refractivity contribution in [1.29, 1.82) is 0 Å². The maximum Gasteiger partial charge on any atom is 0.276 e. The zero-order chi connectivity index (χ0) is 23.7. The highest BCUT2D eigenvalue weighted by Gasteiger charge is 2.59. The van der Waals surface area contributed by atoms with E-state index in [9.17, 15) is 22.6 Å². The number of rotatable bonds is 4. The predicted octanol–water partition coefficient (Wildman–Crippen LogP) is 3.79. The number of hydrogen-bond acceptors (Lipinski definition) is 7. The normalized spacial score (nSPS) is 19.2. The van der Waals surface area contributed by atoms with Crippen LogP contribution < -0.4 is 10.7 Å². The smallest absolute Gasteiger partial charge is 0.276 e. The molecule has 8 nitrogen and oxygen atoms in total. The molecule has 1 aromatic carbocycles. The number of carbonyl (C=O) groups excluding carboxylic acids is 1. The van der Waals surface area contributed by atoms with Crippen LogP contribution >= 0.6 is 0 Å². The number of hydrogen-bond donors (Lipinski definition) is 2. The van der Waals surface area contributed by atoms with Crippen LogP contribution in [0.2, 0.25) is 0 Å². The van der Waals surface area contributed by atoms with Crippen LogP contribution in [-0.4, -0.2) is 23.7 Å². The minimum Gasteiger partial charge on any atom is -0.461 e. The first kappa shape index (κ1) is 21.5. The van der Waals surface area contributed by atoms with Crippen molar-refractivity contribution in [2.75, 3.05) is 5.32 Å². The molecule has 1 fully saturated rings. The Morgan fingerprint density at radius 1 is 1.24 bits per heavy atom. The van der Waals surface area contributed by atoms with Crippen molar-refractivity contribution >= 4 is 32.6 Å². The maximum absolute atomic E-state index is 12.9. The van der Waals surface area contributed by atoms with Gasteiger partial charge in [0.1, 0.15) is 16.1 Å². The summed E-state index contributed by atoms with van der Waals surface area (Å²) in [6, 6.07) is 8.24. The molecule has 1 unspecified atom stereocenters. The first-order chi connectivity index (χ1) is 15.5. The average Bonchev–Trinajstić information content (AvgIpc) is 3.54. The van der Waals surface area contributed by atoms with Gasteiger partial charge in [0.15, 0.2) is 11.2 Å². The van der Waals surface area contributed by atoms with Crippen molar-refractivity contribution in [3.05, 3.63) is 80.6 Å². The number of anilines is 1. The molecule has 1 aliphatic carbocycles. The Labute approximate surface area is 190 Å². The molecule has 33 heavy (non-hydrogen) atoms.